The lowest BCUT2D eigenvalue weighted by Gasteiger charge is -2.34. The maximum atomic E-state index is 12.0. The fourth-order valence-corrected chi connectivity index (χ4v) is 2.16. The van der Waals surface area contributed by atoms with Crippen LogP contribution in [0.3, 0.4) is 0 Å². The van der Waals surface area contributed by atoms with Gasteiger partial charge in [0, 0.05) is 38.1 Å². The monoisotopic (exact) mass is 296 g/mol. The van der Waals surface area contributed by atoms with Crippen molar-refractivity contribution in [2.75, 3.05) is 32.8 Å². The van der Waals surface area contributed by atoms with Crippen LogP contribution in [-0.2, 0) is 9.59 Å². The molecule has 0 unspecified atom stereocenters. The predicted octanol–water partition coefficient (Wildman–Crippen LogP) is 1.41. The van der Waals surface area contributed by atoms with Crippen LogP contribution in [0, 0.1) is 0 Å². The lowest BCUT2D eigenvalue weighted by atomic mass is 10.3. The summed E-state index contributed by atoms with van der Waals surface area (Å²) in [5, 5.41) is 0.629. The molecule has 0 aromatic heterocycles. The van der Waals surface area contributed by atoms with Gasteiger partial charge in [0.1, 0.15) is 5.75 Å². The Kier molecular flexibility index (Phi) is 4.84. The van der Waals surface area contributed by atoms with Gasteiger partial charge in [-0.2, -0.15) is 0 Å². The molecule has 2 rings (SSSR count). The van der Waals surface area contributed by atoms with Crippen LogP contribution >= 0.6 is 11.6 Å². The van der Waals surface area contributed by atoms with E-state index >= 15 is 0 Å². The van der Waals surface area contributed by atoms with Gasteiger partial charge in [-0.25, -0.2) is 0 Å². The highest BCUT2D eigenvalue weighted by atomic mass is 35.5. The number of ether oxygens (including phenoxy) is 1. The van der Waals surface area contributed by atoms with Gasteiger partial charge in [0.05, 0.1) is 0 Å². The van der Waals surface area contributed by atoms with Gasteiger partial charge in [-0.15, -0.1) is 0 Å². The molecule has 6 heteroatoms. The maximum absolute atomic E-state index is 12.0. The Morgan fingerprint density at radius 2 is 1.65 bits per heavy atom. The molecule has 1 saturated heterocycles. The molecule has 1 heterocycles. The molecule has 5 nitrogen and oxygen atoms in total. The third kappa shape index (κ3) is 3.87. The highest BCUT2D eigenvalue weighted by molar-refractivity contribution is 6.30. The van der Waals surface area contributed by atoms with E-state index in [0.717, 1.165) is 0 Å². The molecule has 0 radical (unpaired) electrons. The van der Waals surface area contributed by atoms with Gasteiger partial charge in [0.2, 0.25) is 5.91 Å². The normalized spacial score (nSPS) is 15.1. The highest BCUT2D eigenvalue weighted by Gasteiger charge is 2.22. The molecule has 0 atom stereocenters. The zero-order valence-electron chi connectivity index (χ0n) is 11.3. The summed E-state index contributed by atoms with van der Waals surface area (Å²) in [6.07, 6.45) is 0. The van der Waals surface area contributed by atoms with Crippen molar-refractivity contribution < 1.29 is 14.3 Å². The first-order valence-electron chi connectivity index (χ1n) is 6.48. The first-order valence-corrected chi connectivity index (χ1v) is 6.86. The SMILES string of the molecule is CC(=O)N1CCN(C(=O)COc2ccc(Cl)cc2)CC1. The molecule has 0 aliphatic carbocycles. The average molecular weight is 297 g/mol. The average Bonchev–Trinajstić information content (AvgIpc) is 2.46. The summed E-state index contributed by atoms with van der Waals surface area (Å²) in [5.74, 6) is 0.600. The fraction of sp³-hybridized carbons (Fsp3) is 0.429. The minimum absolute atomic E-state index is 0.00169. The second-order valence-corrected chi connectivity index (χ2v) is 5.07. The summed E-state index contributed by atoms with van der Waals surface area (Å²) in [6.45, 7) is 3.83. The van der Waals surface area contributed by atoms with Gasteiger partial charge in [0.15, 0.2) is 6.61 Å². The molecule has 2 amide bonds. The molecule has 0 spiro atoms. The van der Waals surface area contributed by atoms with Crippen molar-refractivity contribution in [1.29, 1.82) is 0 Å². The van der Waals surface area contributed by atoms with Crippen molar-refractivity contribution in [3.63, 3.8) is 0 Å². The number of amides is 2. The Labute approximate surface area is 123 Å². The van der Waals surface area contributed by atoms with E-state index in [4.69, 9.17) is 16.3 Å². The Bertz CT molecular complexity index is 482. The summed E-state index contributed by atoms with van der Waals surface area (Å²) < 4.78 is 5.42. The molecule has 1 aromatic carbocycles. The van der Waals surface area contributed by atoms with Crippen LogP contribution in [0.25, 0.3) is 0 Å². The summed E-state index contributed by atoms with van der Waals surface area (Å²) in [6, 6.07) is 6.88. The predicted molar refractivity (Wildman–Crippen MR) is 75.8 cm³/mol. The maximum Gasteiger partial charge on any atom is 0.260 e. The summed E-state index contributed by atoms with van der Waals surface area (Å²) in [4.78, 5) is 26.6. The van der Waals surface area contributed by atoms with Gasteiger partial charge < -0.3 is 14.5 Å². The zero-order valence-corrected chi connectivity index (χ0v) is 12.1. The molecule has 1 aliphatic heterocycles. The van der Waals surface area contributed by atoms with Crippen LogP contribution in [0.1, 0.15) is 6.92 Å². The van der Waals surface area contributed by atoms with E-state index in [-0.39, 0.29) is 18.4 Å². The molecule has 0 bridgehead atoms. The molecule has 1 aliphatic rings. The van der Waals surface area contributed by atoms with Crippen LogP contribution in [0.2, 0.25) is 5.02 Å². The van der Waals surface area contributed by atoms with Gasteiger partial charge in [-0.05, 0) is 24.3 Å². The fourth-order valence-electron chi connectivity index (χ4n) is 2.04. The topological polar surface area (TPSA) is 49.9 Å². The second-order valence-electron chi connectivity index (χ2n) is 4.63. The van der Waals surface area contributed by atoms with Gasteiger partial charge in [-0.3, -0.25) is 9.59 Å². The number of piperazine rings is 1. The number of rotatable bonds is 3. The van der Waals surface area contributed by atoms with Crippen molar-refractivity contribution in [3.05, 3.63) is 29.3 Å². The quantitative estimate of drug-likeness (QED) is 0.847. The molecular weight excluding hydrogens is 280 g/mol. The molecule has 1 aromatic rings. The van der Waals surface area contributed by atoms with Gasteiger partial charge in [0.25, 0.3) is 5.91 Å². The van der Waals surface area contributed by atoms with Crippen LogP contribution < -0.4 is 4.74 Å². The minimum Gasteiger partial charge on any atom is -0.484 e. The first-order chi connectivity index (χ1) is 9.56. The van der Waals surface area contributed by atoms with Crippen LogP contribution in [0.15, 0.2) is 24.3 Å². The largest absolute Gasteiger partial charge is 0.484 e. The summed E-state index contributed by atoms with van der Waals surface area (Å²) in [7, 11) is 0. The number of nitrogens with zero attached hydrogens (tertiary/aromatic N) is 2. The third-order valence-corrected chi connectivity index (χ3v) is 3.51. The second kappa shape index (κ2) is 6.61. The van der Waals surface area contributed by atoms with Gasteiger partial charge >= 0.3 is 0 Å². The van der Waals surface area contributed by atoms with E-state index in [1.807, 2.05) is 0 Å². The number of halogens is 1. The minimum atomic E-state index is -0.0665. The Morgan fingerprint density at radius 3 is 2.20 bits per heavy atom. The highest BCUT2D eigenvalue weighted by Crippen LogP contribution is 2.15. The van der Waals surface area contributed by atoms with E-state index in [2.05, 4.69) is 0 Å². The Hall–Kier alpha value is -1.75. The van der Waals surface area contributed by atoms with Crippen molar-refractivity contribution in [2.45, 2.75) is 6.92 Å². The van der Waals surface area contributed by atoms with E-state index in [0.29, 0.717) is 37.0 Å². The van der Waals surface area contributed by atoms with Crippen molar-refractivity contribution >= 4 is 23.4 Å². The van der Waals surface area contributed by atoms with E-state index < -0.39 is 0 Å². The number of benzene rings is 1. The molecule has 0 saturated carbocycles. The molecule has 1 fully saturated rings. The Morgan fingerprint density at radius 1 is 1.10 bits per heavy atom. The van der Waals surface area contributed by atoms with Crippen molar-refractivity contribution in [3.8, 4) is 5.75 Å². The van der Waals surface area contributed by atoms with Gasteiger partial charge in [-0.1, -0.05) is 11.6 Å². The number of hydrogen-bond acceptors (Lipinski definition) is 3. The van der Waals surface area contributed by atoms with E-state index in [1.54, 1.807) is 41.0 Å². The van der Waals surface area contributed by atoms with Crippen LogP contribution in [0.4, 0.5) is 0 Å². The summed E-state index contributed by atoms with van der Waals surface area (Å²) >= 11 is 5.77. The number of carbonyl (C=O) groups is 2. The molecule has 20 heavy (non-hydrogen) atoms. The smallest absolute Gasteiger partial charge is 0.260 e. The Balaban J connectivity index is 1.78. The van der Waals surface area contributed by atoms with E-state index in [9.17, 15) is 9.59 Å². The van der Waals surface area contributed by atoms with E-state index in [1.165, 1.54) is 0 Å². The molecule has 0 N–H and O–H groups in total. The molecular formula is C14H17ClN2O3. The van der Waals surface area contributed by atoms with Crippen LogP contribution in [-0.4, -0.2) is 54.4 Å². The summed E-state index contributed by atoms with van der Waals surface area (Å²) in [5.41, 5.74) is 0. The van der Waals surface area contributed by atoms with Crippen molar-refractivity contribution in [1.82, 2.24) is 9.80 Å². The third-order valence-electron chi connectivity index (χ3n) is 3.25. The zero-order chi connectivity index (χ0) is 14.5. The molecule has 108 valence electrons. The standard InChI is InChI=1S/C14H17ClN2O3/c1-11(18)16-6-8-17(9-7-16)14(19)10-20-13-4-2-12(15)3-5-13/h2-5H,6-10H2,1H3. The first kappa shape index (κ1) is 14.7. The lowest BCUT2D eigenvalue weighted by Crippen LogP contribution is -2.51. The van der Waals surface area contributed by atoms with Crippen molar-refractivity contribution in [2.24, 2.45) is 0 Å². The lowest BCUT2D eigenvalue weighted by molar-refractivity contribution is -0.139. The number of hydrogen-bond donors (Lipinski definition) is 0. The van der Waals surface area contributed by atoms with Crippen LogP contribution in [0.5, 0.6) is 5.75 Å². The number of carbonyl (C=O) groups excluding carboxylic acids is 2.